The van der Waals surface area contributed by atoms with Gasteiger partial charge in [-0.05, 0) is 80.1 Å². The SMILES string of the molecule is C1=CC2=CC=C(c3c4ccccc4c(-c4ccc5oc6nc7ccccc7cc6c5c4)c4ccccc34)CC2C=C1. The molecule has 0 bridgehead atoms. The first kappa shape index (κ1) is 22.6. The molecule has 41 heavy (non-hydrogen) atoms. The third-order valence-electron chi connectivity index (χ3n) is 8.79. The Hall–Kier alpha value is -5.21. The standard InChI is InChI=1S/C39H25NO/c1-2-10-25-21-27(18-17-24(25)9-1)37-29-12-4-6-14-31(29)38(32-15-7-5-13-30(32)37)28-19-20-36-33(23-28)34-22-26-11-3-8-16-35(26)40-39(34)41-36/h1-20,22-23,25H,21H2. The van der Waals surface area contributed by atoms with Crippen molar-refractivity contribution < 1.29 is 4.42 Å². The molecular formula is C39H25NO. The summed E-state index contributed by atoms with van der Waals surface area (Å²) in [7, 11) is 0. The number of benzene rings is 5. The molecule has 0 aliphatic heterocycles. The van der Waals surface area contributed by atoms with Gasteiger partial charge in [-0.2, -0.15) is 0 Å². The van der Waals surface area contributed by atoms with Crippen LogP contribution in [0.5, 0.6) is 0 Å². The van der Waals surface area contributed by atoms with E-state index in [4.69, 9.17) is 9.40 Å². The van der Waals surface area contributed by atoms with Crippen LogP contribution in [0, 0.1) is 5.92 Å². The summed E-state index contributed by atoms with van der Waals surface area (Å²) in [6.45, 7) is 0. The molecule has 2 heteroatoms. The Morgan fingerprint density at radius 2 is 1.37 bits per heavy atom. The highest BCUT2D eigenvalue weighted by Gasteiger charge is 2.23. The maximum Gasteiger partial charge on any atom is 0.227 e. The topological polar surface area (TPSA) is 26.0 Å². The van der Waals surface area contributed by atoms with Crippen molar-refractivity contribution in [1.82, 2.24) is 4.98 Å². The van der Waals surface area contributed by atoms with Gasteiger partial charge in [0, 0.05) is 22.1 Å². The average molecular weight is 524 g/mol. The molecule has 9 rings (SSSR count). The Morgan fingerprint density at radius 1 is 0.634 bits per heavy atom. The number of pyridine rings is 1. The van der Waals surface area contributed by atoms with Crippen LogP contribution in [0.3, 0.4) is 0 Å². The second-order valence-electron chi connectivity index (χ2n) is 11.1. The molecule has 192 valence electrons. The normalized spacial score (nSPS) is 16.5. The van der Waals surface area contributed by atoms with Gasteiger partial charge >= 0.3 is 0 Å². The predicted molar refractivity (Wildman–Crippen MR) is 172 cm³/mol. The Labute approximate surface area is 237 Å². The molecule has 5 aromatic carbocycles. The molecule has 7 aromatic rings. The van der Waals surface area contributed by atoms with Crippen LogP contribution in [0.25, 0.3) is 71.2 Å². The van der Waals surface area contributed by atoms with Gasteiger partial charge in [0.25, 0.3) is 0 Å². The number of furan rings is 1. The van der Waals surface area contributed by atoms with E-state index in [2.05, 4.69) is 121 Å². The van der Waals surface area contributed by atoms with Crippen LogP contribution in [0.2, 0.25) is 0 Å². The third kappa shape index (κ3) is 3.41. The minimum Gasteiger partial charge on any atom is -0.438 e. The first-order valence-corrected chi connectivity index (χ1v) is 14.2. The van der Waals surface area contributed by atoms with Gasteiger partial charge in [0.15, 0.2) is 0 Å². The Kier molecular flexibility index (Phi) is 4.76. The van der Waals surface area contributed by atoms with Gasteiger partial charge in [-0.25, -0.2) is 4.98 Å². The van der Waals surface area contributed by atoms with Crippen molar-refractivity contribution in [3.8, 4) is 11.1 Å². The molecule has 0 spiro atoms. The fourth-order valence-electron chi connectivity index (χ4n) is 6.90. The lowest BCUT2D eigenvalue weighted by molar-refractivity contribution is 0.656. The molecule has 2 nitrogen and oxygen atoms in total. The van der Waals surface area contributed by atoms with Gasteiger partial charge in [0.05, 0.1) is 5.52 Å². The monoisotopic (exact) mass is 523 g/mol. The minimum atomic E-state index is 0.429. The van der Waals surface area contributed by atoms with E-state index in [0.717, 1.165) is 33.7 Å². The molecule has 0 amide bonds. The van der Waals surface area contributed by atoms with Crippen LogP contribution < -0.4 is 0 Å². The van der Waals surface area contributed by atoms with Crippen molar-refractivity contribution in [2.45, 2.75) is 6.42 Å². The summed E-state index contributed by atoms with van der Waals surface area (Å²) < 4.78 is 6.23. The summed E-state index contributed by atoms with van der Waals surface area (Å²) in [6.07, 6.45) is 14.5. The number of allylic oxidation sites excluding steroid dienone is 8. The van der Waals surface area contributed by atoms with Gasteiger partial charge in [0.2, 0.25) is 5.71 Å². The maximum atomic E-state index is 6.23. The lowest BCUT2D eigenvalue weighted by Gasteiger charge is -2.25. The quantitative estimate of drug-likeness (QED) is 0.211. The number of para-hydroxylation sites is 1. The largest absolute Gasteiger partial charge is 0.438 e. The summed E-state index contributed by atoms with van der Waals surface area (Å²) in [6, 6.07) is 34.8. The van der Waals surface area contributed by atoms with Crippen molar-refractivity contribution in [3.63, 3.8) is 0 Å². The molecule has 1 atom stereocenters. The predicted octanol–water partition coefficient (Wildman–Crippen LogP) is 10.6. The molecule has 2 heterocycles. The first-order chi connectivity index (χ1) is 20.3. The molecule has 2 aliphatic rings. The Bertz CT molecular complexity index is 2290. The molecule has 0 N–H and O–H groups in total. The van der Waals surface area contributed by atoms with E-state index in [1.165, 1.54) is 49.4 Å². The smallest absolute Gasteiger partial charge is 0.227 e. The van der Waals surface area contributed by atoms with Gasteiger partial charge < -0.3 is 4.42 Å². The van der Waals surface area contributed by atoms with Gasteiger partial charge in [-0.1, -0.05) is 109 Å². The number of aromatic nitrogens is 1. The number of rotatable bonds is 2. The third-order valence-corrected chi connectivity index (χ3v) is 8.79. The van der Waals surface area contributed by atoms with E-state index in [-0.39, 0.29) is 0 Å². The molecule has 0 radical (unpaired) electrons. The Balaban J connectivity index is 1.32. The zero-order valence-corrected chi connectivity index (χ0v) is 22.3. The maximum absolute atomic E-state index is 6.23. The fraction of sp³-hybridized carbons (Fsp3) is 0.0513. The van der Waals surface area contributed by atoms with Crippen LogP contribution in [0.1, 0.15) is 12.0 Å². The van der Waals surface area contributed by atoms with E-state index in [0.29, 0.717) is 11.6 Å². The second kappa shape index (κ2) is 8.64. The molecule has 2 aliphatic carbocycles. The average Bonchev–Trinajstić information content (AvgIpc) is 3.38. The fourth-order valence-corrected chi connectivity index (χ4v) is 6.90. The lowest BCUT2D eigenvalue weighted by Crippen LogP contribution is -2.07. The Morgan fingerprint density at radius 3 is 2.17 bits per heavy atom. The number of hydrogen-bond donors (Lipinski definition) is 0. The molecule has 1 unspecified atom stereocenters. The summed E-state index contributed by atoms with van der Waals surface area (Å²) >= 11 is 0. The van der Waals surface area contributed by atoms with Crippen LogP contribution in [0.15, 0.2) is 144 Å². The van der Waals surface area contributed by atoms with E-state index < -0.39 is 0 Å². The van der Waals surface area contributed by atoms with Gasteiger partial charge in [-0.15, -0.1) is 0 Å². The van der Waals surface area contributed by atoms with E-state index in [1.807, 2.05) is 12.1 Å². The van der Waals surface area contributed by atoms with Crippen LogP contribution in [-0.4, -0.2) is 4.98 Å². The molecular weight excluding hydrogens is 498 g/mol. The van der Waals surface area contributed by atoms with Crippen LogP contribution in [0.4, 0.5) is 0 Å². The highest BCUT2D eigenvalue weighted by atomic mass is 16.3. The summed E-state index contributed by atoms with van der Waals surface area (Å²) in [5.41, 5.74) is 9.08. The summed E-state index contributed by atoms with van der Waals surface area (Å²) in [5.74, 6) is 0.429. The molecule has 0 saturated heterocycles. The number of fused-ring (bicyclic) bond motifs is 7. The van der Waals surface area contributed by atoms with Gasteiger partial charge in [0.1, 0.15) is 5.58 Å². The van der Waals surface area contributed by atoms with Crippen molar-refractivity contribution in [2.75, 3.05) is 0 Å². The number of hydrogen-bond acceptors (Lipinski definition) is 2. The number of nitrogens with zero attached hydrogens (tertiary/aromatic N) is 1. The minimum absolute atomic E-state index is 0.429. The first-order valence-electron chi connectivity index (χ1n) is 14.2. The molecule has 2 aromatic heterocycles. The van der Waals surface area contributed by atoms with E-state index >= 15 is 0 Å². The highest BCUT2D eigenvalue weighted by Crippen LogP contribution is 2.46. The molecule has 0 fully saturated rings. The zero-order valence-electron chi connectivity index (χ0n) is 22.3. The van der Waals surface area contributed by atoms with Crippen LogP contribution >= 0.6 is 0 Å². The zero-order chi connectivity index (χ0) is 26.9. The van der Waals surface area contributed by atoms with Crippen molar-refractivity contribution in [3.05, 3.63) is 145 Å². The summed E-state index contributed by atoms with van der Waals surface area (Å²) in [4.78, 5) is 4.82. The van der Waals surface area contributed by atoms with Crippen molar-refractivity contribution in [2.24, 2.45) is 5.92 Å². The highest BCUT2D eigenvalue weighted by molar-refractivity contribution is 6.20. The van der Waals surface area contributed by atoms with E-state index in [1.54, 1.807) is 0 Å². The summed E-state index contributed by atoms with van der Waals surface area (Å²) in [5, 5.41) is 8.40. The van der Waals surface area contributed by atoms with Gasteiger partial charge in [-0.3, -0.25) is 0 Å². The van der Waals surface area contributed by atoms with Crippen molar-refractivity contribution >= 4 is 60.1 Å². The second-order valence-corrected chi connectivity index (χ2v) is 11.1. The lowest BCUT2D eigenvalue weighted by atomic mass is 9.79. The van der Waals surface area contributed by atoms with Crippen LogP contribution in [-0.2, 0) is 0 Å². The van der Waals surface area contributed by atoms with Crippen molar-refractivity contribution in [1.29, 1.82) is 0 Å². The van der Waals surface area contributed by atoms with E-state index in [9.17, 15) is 0 Å². The molecule has 0 saturated carbocycles.